The highest BCUT2D eigenvalue weighted by Gasteiger charge is 2.10. The second-order valence-corrected chi connectivity index (χ2v) is 8.23. The summed E-state index contributed by atoms with van der Waals surface area (Å²) in [7, 11) is 3.96. The van der Waals surface area contributed by atoms with Crippen molar-refractivity contribution in [2.45, 2.75) is 6.61 Å². The first-order valence-electron chi connectivity index (χ1n) is 10.6. The molecule has 0 atom stereocenters. The number of amides is 1. The Morgan fingerprint density at radius 1 is 1.06 bits per heavy atom. The van der Waals surface area contributed by atoms with Crippen molar-refractivity contribution in [3.8, 4) is 17.0 Å². The van der Waals surface area contributed by atoms with E-state index < -0.39 is 0 Å². The van der Waals surface area contributed by atoms with E-state index in [-0.39, 0.29) is 5.91 Å². The average molecular weight is 474 g/mol. The van der Waals surface area contributed by atoms with Crippen LogP contribution in [0.3, 0.4) is 0 Å². The van der Waals surface area contributed by atoms with E-state index in [1.165, 1.54) is 0 Å². The number of rotatable bonds is 8. The molecular formula is C26H24ClN5O2. The van der Waals surface area contributed by atoms with Crippen molar-refractivity contribution in [3.63, 3.8) is 0 Å². The van der Waals surface area contributed by atoms with E-state index in [0.29, 0.717) is 23.0 Å². The predicted molar refractivity (Wildman–Crippen MR) is 136 cm³/mol. The lowest BCUT2D eigenvalue weighted by molar-refractivity contribution is 0.0950. The minimum absolute atomic E-state index is 0.318. The topological polar surface area (TPSA) is 82.6 Å². The first-order valence-corrected chi connectivity index (χ1v) is 11.0. The van der Waals surface area contributed by atoms with Crippen LogP contribution < -0.4 is 15.1 Å². The van der Waals surface area contributed by atoms with Gasteiger partial charge in [0.15, 0.2) is 0 Å². The zero-order valence-electron chi connectivity index (χ0n) is 18.8. The minimum atomic E-state index is -0.372. The lowest BCUT2D eigenvalue weighted by Gasteiger charge is -2.11. The lowest BCUT2D eigenvalue weighted by atomic mass is 10.1. The molecule has 1 aromatic heterocycles. The summed E-state index contributed by atoms with van der Waals surface area (Å²) in [4.78, 5) is 14.4. The van der Waals surface area contributed by atoms with Crippen LogP contribution >= 0.6 is 11.6 Å². The summed E-state index contributed by atoms with van der Waals surface area (Å²) in [6.07, 6.45) is 1.59. The summed E-state index contributed by atoms with van der Waals surface area (Å²) >= 11 is 5.91. The van der Waals surface area contributed by atoms with Gasteiger partial charge in [0.2, 0.25) is 0 Å². The summed E-state index contributed by atoms with van der Waals surface area (Å²) in [5, 5.41) is 11.7. The third kappa shape index (κ3) is 6.02. The SMILES string of the molecule is CN(C)c1ccc(/C=N\NC(=O)c2cc(-c3ccc(OCc4ccc(Cl)cc4)cc3)n[nH]2)cc1. The maximum Gasteiger partial charge on any atom is 0.289 e. The summed E-state index contributed by atoms with van der Waals surface area (Å²) in [5.74, 6) is 0.364. The first-order chi connectivity index (χ1) is 16.5. The van der Waals surface area contributed by atoms with Crippen LogP contribution in [0.1, 0.15) is 21.6 Å². The highest BCUT2D eigenvalue weighted by atomic mass is 35.5. The number of nitrogens with one attached hydrogen (secondary N) is 2. The Morgan fingerprint density at radius 2 is 1.76 bits per heavy atom. The summed E-state index contributed by atoms with van der Waals surface area (Å²) < 4.78 is 5.81. The van der Waals surface area contributed by atoms with Gasteiger partial charge in [0.25, 0.3) is 5.91 Å². The molecule has 0 spiro atoms. The van der Waals surface area contributed by atoms with Crippen LogP contribution in [0.4, 0.5) is 5.69 Å². The first kappa shape index (κ1) is 23.1. The number of carbonyl (C=O) groups excluding carboxylic acids is 1. The molecule has 172 valence electrons. The van der Waals surface area contributed by atoms with E-state index in [9.17, 15) is 4.79 Å². The number of hydrogen-bond acceptors (Lipinski definition) is 5. The van der Waals surface area contributed by atoms with Crippen molar-refractivity contribution >= 4 is 29.4 Å². The molecule has 7 nitrogen and oxygen atoms in total. The number of halogens is 1. The Bertz CT molecular complexity index is 1260. The molecule has 0 radical (unpaired) electrons. The number of ether oxygens (including phenoxy) is 1. The fraction of sp³-hybridized carbons (Fsp3) is 0.115. The average Bonchev–Trinajstić information content (AvgIpc) is 3.35. The number of benzene rings is 3. The highest BCUT2D eigenvalue weighted by Crippen LogP contribution is 2.22. The fourth-order valence-corrected chi connectivity index (χ4v) is 3.27. The number of aromatic amines is 1. The molecule has 4 rings (SSSR count). The number of hydrazone groups is 1. The lowest BCUT2D eigenvalue weighted by Crippen LogP contribution is -2.18. The minimum Gasteiger partial charge on any atom is -0.489 e. The van der Waals surface area contributed by atoms with Crippen LogP contribution in [0.5, 0.6) is 5.75 Å². The summed E-state index contributed by atoms with van der Waals surface area (Å²) in [6.45, 7) is 0.448. The smallest absolute Gasteiger partial charge is 0.289 e. The van der Waals surface area contributed by atoms with Gasteiger partial charge in [-0.05, 0) is 65.7 Å². The van der Waals surface area contributed by atoms with Gasteiger partial charge in [0.05, 0.1) is 11.9 Å². The fourth-order valence-electron chi connectivity index (χ4n) is 3.14. The van der Waals surface area contributed by atoms with Crippen LogP contribution in [0.25, 0.3) is 11.3 Å². The Labute approximate surface area is 203 Å². The maximum absolute atomic E-state index is 12.4. The van der Waals surface area contributed by atoms with Gasteiger partial charge >= 0.3 is 0 Å². The molecule has 0 fully saturated rings. The van der Waals surface area contributed by atoms with Crippen LogP contribution in [0.2, 0.25) is 5.02 Å². The van der Waals surface area contributed by atoms with Gasteiger partial charge in [0, 0.05) is 30.4 Å². The molecule has 3 aromatic carbocycles. The molecule has 0 aliphatic carbocycles. The van der Waals surface area contributed by atoms with Crippen LogP contribution in [0, 0.1) is 0 Å². The monoisotopic (exact) mass is 473 g/mol. The molecule has 8 heteroatoms. The maximum atomic E-state index is 12.4. The number of aromatic nitrogens is 2. The molecule has 0 aliphatic heterocycles. The van der Waals surface area contributed by atoms with Crippen molar-refractivity contribution < 1.29 is 9.53 Å². The third-order valence-corrected chi connectivity index (χ3v) is 5.33. The predicted octanol–water partition coefficient (Wildman–Crippen LogP) is 5.14. The van der Waals surface area contributed by atoms with Gasteiger partial charge in [-0.1, -0.05) is 35.9 Å². The standard InChI is InChI=1S/C26H24ClN5O2/c1-32(2)22-11-5-18(6-12-22)16-28-31-26(33)25-15-24(29-30-25)20-7-13-23(14-8-20)34-17-19-3-9-21(27)10-4-19/h3-16H,17H2,1-2H3,(H,29,30)(H,31,33)/b28-16-. The molecular weight excluding hydrogens is 450 g/mol. The van der Waals surface area contributed by atoms with E-state index in [1.807, 2.05) is 91.8 Å². The molecule has 2 N–H and O–H groups in total. The zero-order chi connectivity index (χ0) is 23.9. The molecule has 1 amide bonds. The number of carbonyl (C=O) groups is 1. The Hall–Kier alpha value is -4.10. The highest BCUT2D eigenvalue weighted by molar-refractivity contribution is 6.30. The van der Waals surface area contributed by atoms with Crippen molar-refractivity contribution in [2.75, 3.05) is 19.0 Å². The van der Waals surface area contributed by atoms with Gasteiger partial charge in [0.1, 0.15) is 18.1 Å². The van der Waals surface area contributed by atoms with E-state index in [0.717, 1.165) is 28.1 Å². The van der Waals surface area contributed by atoms with Crippen molar-refractivity contribution in [3.05, 3.63) is 101 Å². The van der Waals surface area contributed by atoms with Gasteiger partial charge in [-0.2, -0.15) is 10.2 Å². The van der Waals surface area contributed by atoms with E-state index in [2.05, 4.69) is 20.7 Å². The largest absolute Gasteiger partial charge is 0.489 e. The molecule has 0 bridgehead atoms. The second kappa shape index (κ2) is 10.7. The molecule has 0 saturated carbocycles. The molecule has 0 saturated heterocycles. The number of nitrogens with zero attached hydrogens (tertiary/aromatic N) is 3. The molecule has 0 unspecified atom stereocenters. The quantitative estimate of drug-likeness (QED) is 0.274. The van der Waals surface area contributed by atoms with Gasteiger partial charge in [-0.25, -0.2) is 5.43 Å². The van der Waals surface area contributed by atoms with Crippen molar-refractivity contribution in [2.24, 2.45) is 5.10 Å². The van der Waals surface area contributed by atoms with E-state index in [4.69, 9.17) is 16.3 Å². The van der Waals surface area contributed by atoms with E-state index in [1.54, 1.807) is 12.3 Å². The number of H-pyrrole nitrogens is 1. The van der Waals surface area contributed by atoms with Crippen molar-refractivity contribution in [1.29, 1.82) is 0 Å². The Morgan fingerprint density at radius 3 is 2.44 bits per heavy atom. The molecule has 4 aromatic rings. The molecule has 0 aliphatic rings. The summed E-state index contributed by atoms with van der Waals surface area (Å²) in [5.41, 5.74) is 7.35. The van der Waals surface area contributed by atoms with Crippen molar-refractivity contribution in [1.82, 2.24) is 15.6 Å². The second-order valence-electron chi connectivity index (χ2n) is 7.79. The van der Waals surface area contributed by atoms with Crippen LogP contribution in [-0.2, 0) is 6.61 Å². The third-order valence-electron chi connectivity index (χ3n) is 5.08. The Balaban J connectivity index is 1.32. The van der Waals surface area contributed by atoms with Crippen LogP contribution in [-0.4, -0.2) is 36.4 Å². The van der Waals surface area contributed by atoms with Gasteiger partial charge < -0.3 is 9.64 Å². The van der Waals surface area contributed by atoms with Gasteiger partial charge in [-0.3, -0.25) is 9.89 Å². The summed E-state index contributed by atoms with van der Waals surface area (Å²) in [6, 6.07) is 24.6. The molecule has 34 heavy (non-hydrogen) atoms. The zero-order valence-corrected chi connectivity index (χ0v) is 19.6. The molecule has 1 heterocycles. The van der Waals surface area contributed by atoms with E-state index >= 15 is 0 Å². The van der Waals surface area contributed by atoms with Crippen LogP contribution in [0.15, 0.2) is 84.0 Å². The normalized spacial score (nSPS) is 10.9. The number of hydrogen-bond donors (Lipinski definition) is 2. The van der Waals surface area contributed by atoms with Gasteiger partial charge in [-0.15, -0.1) is 0 Å². The number of anilines is 1. The Kier molecular flexibility index (Phi) is 7.25.